The van der Waals surface area contributed by atoms with E-state index in [4.69, 9.17) is 0 Å². The zero-order chi connectivity index (χ0) is 15.2. The third-order valence-corrected chi connectivity index (χ3v) is 6.17. The minimum atomic E-state index is 0. The molecule has 0 amide bonds. The molecule has 0 spiro atoms. The average Bonchev–Trinajstić information content (AvgIpc) is 2.59. The zero-order valence-corrected chi connectivity index (χ0v) is 18.1. The van der Waals surface area contributed by atoms with Gasteiger partial charge in [-0.05, 0) is 0 Å². The van der Waals surface area contributed by atoms with Gasteiger partial charge >= 0.3 is 143 Å². The van der Waals surface area contributed by atoms with Crippen LogP contribution in [0.4, 0.5) is 0 Å². The first-order valence-electron chi connectivity index (χ1n) is 8.41. The van der Waals surface area contributed by atoms with E-state index in [9.17, 15) is 0 Å². The molecule has 0 aliphatic carbocycles. The Morgan fingerprint density at radius 3 is 1.75 bits per heavy atom. The summed E-state index contributed by atoms with van der Waals surface area (Å²) in [4.78, 5) is 2.66. The summed E-state index contributed by atoms with van der Waals surface area (Å²) in [6.45, 7) is 3.80. The summed E-state index contributed by atoms with van der Waals surface area (Å²) in [6, 6.07) is 22.0. The van der Waals surface area contributed by atoms with Crippen LogP contribution >= 0.6 is 24.8 Å². The van der Waals surface area contributed by atoms with Crippen molar-refractivity contribution in [3.63, 3.8) is 0 Å². The van der Waals surface area contributed by atoms with E-state index in [0.29, 0.717) is 5.92 Å². The molecule has 0 saturated carbocycles. The second-order valence-corrected chi connectivity index (χ2v) is 8.32. The first-order valence-corrected chi connectivity index (χ1v) is 9.80. The summed E-state index contributed by atoms with van der Waals surface area (Å²) in [6.07, 6.45) is 4.00. The number of nitrogens with zero attached hydrogens (tertiary/aromatic N) is 1. The van der Waals surface area contributed by atoms with Crippen molar-refractivity contribution >= 4 is 41.7 Å². The molecule has 0 radical (unpaired) electrons. The molecule has 1 unspecified atom stereocenters. The SMILES string of the molecule is Cl.Cl.[AsH2]C1CCN(CCC(c2ccccc2)c2ccccc2)CC1. The van der Waals surface area contributed by atoms with Crippen LogP contribution in [0.1, 0.15) is 36.3 Å². The average molecular weight is 428 g/mol. The Hall–Kier alpha value is -0.462. The fourth-order valence-electron chi connectivity index (χ4n) is 3.38. The van der Waals surface area contributed by atoms with Crippen LogP contribution in [0.25, 0.3) is 0 Å². The van der Waals surface area contributed by atoms with Crippen LogP contribution in [0.15, 0.2) is 60.7 Å². The monoisotopic (exact) mass is 427 g/mol. The van der Waals surface area contributed by atoms with Gasteiger partial charge in [0.25, 0.3) is 0 Å². The molecule has 0 bridgehead atoms. The third-order valence-electron chi connectivity index (χ3n) is 4.77. The van der Waals surface area contributed by atoms with E-state index in [1.165, 1.54) is 50.0 Å². The first kappa shape index (κ1) is 21.6. The molecule has 1 fully saturated rings. The van der Waals surface area contributed by atoms with Crippen molar-refractivity contribution in [2.24, 2.45) is 0 Å². The Kier molecular flexibility index (Phi) is 10.1. The molecule has 2 aromatic carbocycles. The second-order valence-electron chi connectivity index (χ2n) is 6.34. The summed E-state index contributed by atoms with van der Waals surface area (Å²) in [5, 5.41) is 0. The van der Waals surface area contributed by atoms with Crippen LogP contribution in [0.5, 0.6) is 0 Å². The summed E-state index contributed by atoms with van der Waals surface area (Å²) < 4.78 is 0.975. The summed E-state index contributed by atoms with van der Waals surface area (Å²) in [5.74, 6) is 0.519. The molecule has 1 heterocycles. The van der Waals surface area contributed by atoms with Gasteiger partial charge in [0.05, 0.1) is 0 Å². The van der Waals surface area contributed by atoms with E-state index >= 15 is 0 Å². The number of halogens is 2. The van der Waals surface area contributed by atoms with Gasteiger partial charge in [-0.25, -0.2) is 0 Å². The quantitative estimate of drug-likeness (QED) is 0.631. The number of hydrogen-bond donors (Lipinski definition) is 0. The molecule has 0 N–H and O–H groups in total. The predicted octanol–water partition coefficient (Wildman–Crippen LogP) is 4.57. The minimum absolute atomic E-state index is 0. The molecule has 1 aliphatic rings. The van der Waals surface area contributed by atoms with Gasteiger partial charge in [-0.15, -0.1) is 24.8 Å². The Morgan fingerprint density at radius 1 is 0.833 bits per heavy atom. The van der Waals surface area contributed by atoms with Crippen LogP contribution in [0.2, 0.25) is 4.71 Å². The van der Waals surface area contributed by atoms with Crippen LogP contribution in [-0.2, 0) is 0 Å². The van der Waals surface area contributed by atoms with Crippen LogP contribution in [0, 0.1) is 0 Å². The molecule has 132 valence electrons. The van der Waals surface area contributed by atoms with Gasteiger partial charge in [-0.1, -0.05) is 0 Å². The summed E-state index contributed by atoms with van der Waals surface area (Å²) >= 11 is 1.93. The van der Waals surface area contributed by atoms with Crippen molar-refractivity contribution in [2.75, 3.05) is 19.6 Å². The predicted molar refractivity (Wildman–Crippen MR) is 112 cm³/mol. The van der Waals surface area contributed by atoms with Crippen LogP contribution in [-0.4, -0.2) is 41.4 Å². The number of likely N-dealkylation sites (tertiary alicyclic amines) is 1. The van der Waals surface area contributed by atoms with Crippen molar-refractivity contribution in [2.45, 2.75) is 29.9 Å². The molecule has 3 rings (SSSR count). The van der Waals surface area contributed by atoms with Gasteiger partial charge in [0.1, 0.15) is 0 Å². The normalized spacial score (nSPS) is 15.6. The molecule has 1 aliphatic heterocycles. The Morgan fingerprint density at radius 2 is 1.29 bits per heavy atom. The van der Waals surface area contributed by atoms with Gasteiger partial charge in [0.2, 0.25) is 0 Å². The van der Waals surface area contributed by atoms with Gasteiger partial charge in [0, 0.05) is 0 Å². The second kappa shape index (κ2) is 11.2. The van der Waals surface area contributed by atoms with Gasteiger partial charge in [0.15, 0.2) is 0 Å². The maximum atomic E-state index is 2.66. The third kappa shape index (κ3) is 6.12. The number of piperidine rings is 1. The number of benzene rings is 2. The molecular formula is C20H28AsCl2N. The van der Waals surface area contributed by atoms with Crippen molar-refractivity contribution in [3.05, 3.63) is 71.8 Å². The fraction of sp³-hybridized carbons (Fsp3) is 0.400. The van der Waals surface area contributed by atoms with Gasteiger partial charge < -0.3 is 0 Å². The zero-order valence-electron chi connectivity index (χ0n) is 14.0. The Balaban J connectivity index is 0.00000144. The van der Waals surface area contributed by atoms with Crippen molar-refractivity contribution in [1.29, 1.82) is 0 Å². The van der Waals surface area contributed by atoms with E-state index in [-0.39, 0.29) is 24.8 Å². The molecule has 0 aromatic heterocycles. The van der Waals surface area contributed by atoms with E-state index < -0.39 is 0 Å². The molecule has 2 aromatic rings. The van der Waals surface area contributed by atoms with Crippen molar-refractivity contribution in [1.82, 2.24) is 4.90 Å². The van der Waals surface area contributed by atoms with E-state index in [1.54, 1.807) is 0 Å². The molecular weight excluding hydrogens is 400 g/mol. The van der Waals surface area contributed by atoms with Crippen molar-refractivity contribution < 1.29 is 0 Å². The summed E-state index contributed by atoms with van der Waals surface area (Å²) in [5.41, 5.74) is 2.89. The molecule has 1 atom stereocenters. The topological polar surface area (TPSA) is 3.24 Å². The van der Waals surface area contributed by atoms with E-state index in [0.717, 1.165) is 4.71 Å². The Labute approximate surface area is 167 Å². The standard InChI is InChI=1S/C20H26AsN.2ClH/c21-19-11-14-22(15-12-19)16-13-20(17-7-3-1-4-8-17)18-9-5-2-6-10-18;;/h1-10,19-20H,11-16,21H2;2*1H. The molecule has 24 heavy (non-hydrogen) atoms. The van der Waals surface area contributed by atoms with Crippen molar-refractivity contribution in [3.8, 4) is 0 Å². The van der Waals surface area contributed by atoms with E-state index in [1.807, 2.05) is 16.9 Å². The molecule has 4 heteroatoms. The Bertz CT molecular complexity index is 517. The first-order chi connectivity index (χ1) is 10.8. The number of rotatable bonds is 5. The fourth-order valence-corrected chi connectivity index (χ4v) is 4.01. The van der Waals surface area contributed by atoms with E-state index in [2.05, 4.69) is 65.6 Å². The van der Waals surface area contributed by atoms with Crippen LogP contribution in [0.3, 0.4) is 0 Å². The van der Waals surface area contributed by atoms with Crippen LogP contribution < -0.4 is 0 Å². The van der Waals surface area contributed by atoms with Gasteiger partial charge in [-0.3, -0.25) is 0 Å². The summed E-state index contributed by atoms with van der Waals surface area (Å²) in [7, 11) is 0. The molecule has 1 nitrogen and oxygen atoms in total. The molecule has 1 saturated heterocycles. The maximum absolute atomic E-state index is 2.66. The number of hydrogen-bond acceptors (Lipinski definition) is 1. The van der Waals surface area contributed by atoms with Gasteiger partial charge in [-0.2, -0.15) is 0 Å².